The van der Waals surface area contributed by atoms with Crippen molar-refractivity contribution in [3.05, 3.63) is 0 Å². The fraction of sp³-hybridized carbons (Fsp3) is 0.889. The van der Waals surface area contributed by atoms with Crippen molar-refractivity contribution in [3.8, 4) is 0 Å². The Labute approximate surface area is 67.6 Å². The molecular weight excluding hydrogens is 140 g/mol. The number of rotatable bonds is 4. The van der Waals surface area contributed by atoms with E-state index in [1.54, 1.807) is 0 Å². The van der Waals surface area contributed by atoms with E-state index in [1.165, 1.54) is 0 Å². The molecule has 0 heterocycles. The fourth-order valence-corrected chi connectivity index (χ4v) is 1.14. The number of aliphatic hydroxyl groups excluding tert-OH is 1. The summed E-state index contributed by atoms with van der Waals surface area (Å²) in [7, 11) is 0. The number of Topliss-reactive ketones (excluding diaryl/α,β-unsaturated/α-hetero) is 1. The molecule has 1 rings (SSSR count). The van der Waals surface area contributed by atoms with Crippen LogP contribution in [0, 0.1) is 11.3 Å². The summed E-state index contributed by atoms with van der Waals surface area (Å²) in [5, 5.41) is 8.93. The minimum Gasteiger partial charge on any atom is -0.396 e. The molecule has 2 nitrogen and oxygen atoms in total. The van der Waals surface area contributed by atoms with Gasteiger partial charge in [-0.2, -0.15) is 0 Å². The summed E-state index contributed by atoms with van der Waals surface area (Å²) in [5.41, 5.74) is 0.00134. The first-order valence-electron chi connectivity index (χ1n) is 4.23. The lowest BCUT2D eigenvalue weighted by Crippen LogP contribution is -2.16. The third-order valence-electron chi connectivity index (χ3n) is 2.49. The van der Waals surface area contributed by atoms with Gasteiger partial charge >= 0.3 is 0 Å². The van der Waals surface area contributed by atoms with Gasteiger partial charge in [-0.1, -0.05) is 13.8 Å². The van der Waals surface area contributed by atoms with E-state index in [1.807, 2.05) is 13.8 Å². The van der Waals surface area contributed by atoms with E-state index in [9.17, 15) is 4.79 Å². The Kier molecular flexibility index (Phi) is 2.33. The van der Waals surface area contributed by atoms with Crippen molar-refractivity contribution in [3.63, 3.8) is 0 Å². The molecule has 1 aliphatic carbocycles. The van der Waals surface area contributed by atoms with Crippen molar-refractivity contribution in [2.24, 2.45) is 11.3 Å². The lowest BCUT2D eigenvalue weighted by Gasteiger charge is -2.11. The predicted molar refractivity (Wildman–Crippen MR) is 43.2 cm³/mol. The second-order valence-corrected chi connectivity index (χ2v) is 3.96. The molecular formula is C9H16O2. The number of carbonyl (C=O) groups excluding carboxylic acids is 1. The summed E-state index contributed by atoms with van der Waals surface area (Å²) in [5.74, 6) is 0.413. The summed E-state index contributed by atoms with van der Waals surface area (Å²) in [6, 6.07) is 0. The fourth-order valence-electron chi connectivity index (χ4n) is 1.14. The van der Waals surface area contributed by atoms with Gasteiger partial charge in [0.25, 0.3) is 0 Å². The van der Waals surface area contributed by atoms with Crippen molar-refractivity contribution in [2.45, 2.75) is 33.1 Å². The van der Waals surface area contributed by atoms with E-state index in [0.717, 1.165) is 12.8 Å². The van der Waals surface area contributed by atoms with Crippen LogP contribution in [0.2, 0.25) is 0 Å². The van der Waals surface area contributed by atoms with Crippen LogP contribution in [0.25, 0.3) is 0 Å². The molecule has 0 saturated heterocycles. The van der Waals surface area contributed by atoms with E-state index < -0.39 is 0 Å². The summed E-state index contributed by atoms with van der Waals surface area (Å²) in [6.45, 7) is 4.01. The van der Waals surface area contributed by atoms with Crippen molar-refractivity contribution in [1.29, 1.82) is 0 Å². The molecule has 1 fully saturated rings. The summed E-state index contributed by atoms with van der Waals surface area (Å²) >= 11 is 0. The second-order valence-electron chi connectivity index (χ2n) is 3.96. The van der Waals surface area contributed by atoms with Gasteiger partial charge < -0.3 is 5.11 Å². The molecule has 0 bridgehead atoms. The number of hydrogen-bond donors (Lipinski definition) is 1. The van der Waals surface area contributed by atoms with Gasteiger partial charge in [0, 0.05) is 24.4 Å². The standard InChI is InChI=1S/C9H16O2/c1-7(2)8(11)5-9(6-10)3-4-9/h7,10H,3-6H2,1-2H3. The zero-order valence-corrected chi connectivity index (χ0v) is 7.26. The highest BCUT2D eigenvalue weighted by molar-refractivity contribution is 5.81. The minimum absolute atomic E-state index is 0.00134. The molecule has 0 aromatic heterocycles. The largest absolute Gasteiger partial charge is 0.396 e. The van der Waals surface area contributed by atoms with Crippen molar-refractivity contribution in [2.75, 3.05) is 6.61 Å². The Balaban J connectivity index is 2.36. The van der Waals surface area contributed by atoms with Gasteiger partial charge in [-0.15, -0.1) is 0 Å². The highest BCUT2D eigenvalue weighted by Gasteiger charge is 2.43. The van der Waals surface area contributed by atoms with Crippen LogP contribution >= 0.6 is 0 Å². The Morgan fingerprint density at radius 2 is 2.09 bits per heavy atom. The molecule has 2 heteroatoms. The van der Waals surface area contributed by atoms with E-state index in [-0.39, 0.29) is 23.7 Å². The Morgan fingerprint density at radius 3 is 2.36 bits per heavy atom. The van der Waals surface area contributed by atoms with Crippen molar-refractivity contribution >= 4 is 5.78 Å². The zero-order chi connectivity index (χ0) is 8.48. The van der Waals surface area contributed by atoms with Crippen LogP contribution < -0.4 is 0 Å². The maximum absolute atomic E-state index is 11.2. The van der Waals surface area contributed by atoms with E-state index in [0.29, 0.717) is 6.42 Å². The van der Waals surface area contributed by atoms with Gasteiger partial charge in [0.15, 0.2) is 0 Å². The van der Waals surface area contributed by atoms with E-state index in [2.05, 4.69) is 0 Å². The number of carbonyl (C=O) groups is 1. The van der Waals surface area contributed by atoms with Crippen molar-refractivity contribution < 1.29 is 9.90 Å². The highest BCUT2D eigenvalue weighted by atomic mass is 16.3. The van der Waals surface area contributed by atoms with E-state index >= 15 is 0 Å². The maximum atomic E-state index is 11.2. The Hall–Kier alpha value is -0.370. The highest BCUT2D eigenvalue weighted by Crippen LogP contribution is 2.48. The molecule has 0 aliphatic heterocycles. The SMILES string of the molecule is CC(C)C(=O)CC1(CO)CC1. The first kappa shape index (κ1) is 8.72. The van der Waals surface area contributed by atoms with Gasteiger partial charge in [0.2, 0.25) is 0 Å². The third kappa shape index (κ3) is 2.03. The lowest BCUT2D eigenvalue weighted by molar-refractivity contribution is -0.123. The molecule has 1 saturated carbocycles. The lowest BCUT2D eigenvalue weighted by atomic mass is 9.95. The molecule has 0 spiro atoms. The molecule has 1 aliphatic rings. The Morgan fingerprint density at radius 1 is 1.55 bits per heavy atom. The van der Waals surface area contributed by atoms with Crippen molar-refractivity contribution in [1.82, 2.24) is 0 Å². The molecule has 0 amide bonds. The molecule has 0 aromatic rings. The van der Waals surface area contributed by atoms with Gasteiger partial charge in [0.1, 0.15) is 5.78 Å². The molecule has 0 atom stereocenters. The molecule has 64 valence electrons. The minimum atomic E-state index is 0.00134. The van der Waals surface area contributed by atoms with Gasteiger partial charge in [0.05, 0.1) is 0 Å². The zero-order valence-electron chi connectivity index (χ0n) is 7.26. The topological polar surface area (TPSA) is 37.3 Å². The van der Waals surface area contributed by atoms with Crippen LogP contribution in [-0.2, 0) is 4.79 Å². The molecule has 0 aromatic carbocycles. The smallest absolute Gasteiger partial charge is 0.136 e. The number of ketones is 1. The van der Waals surface area contributed by atoms with Crippen LogP contribution in [0.1, 0.15) is 33.1 Å². The van der Waals surface area contributed by atoms with Crippen LogP contribution in [0.15, 0.2) is 0 Å². The summed E-state index contributed by atoms with van der Waals surface area (Å²) in [4.78, 5) is 11.2. The molecule has 1 N–H and O–H groups in total. The van der Waals surface area contributed by atoms with Crippen LogP contribution in [0.3, 0.4) is 0 Å². The van der Waals surface area contributed by atoms with Gasteiger partial charge in [-0.25, -0.2) is 0 Å². The molecule has 11 heavy (non-hydrogen) atoms. The third-order valence-corrected chi connectivity index (χ3v) is 2.49. The van der Waals surface area contributed by atoms with Gasteiger partial charge in [-0.05, 0) is 12.8 Å². The van der Waals surface area contributed by atoms with Crippen LogP contribution in [0.4, 0.5) is 0 Å². The van der Waals surface area contributed by atoms with Crippen LogP contribution in [-0.4, -0.2) is 17.5 Å². The number of hydrogen-bond acceptors (Lipinski definition) is 2. The summed E-state index contributed by atoms with van der Waals surface area (Å²) in [6.07, 6.45) is 2.64. The average molecular weight is 156 g/mol. The van der Waals surface area contributed by atoms with Crippen LogP contribution in [0.5, 0.6) is 0 Å². The van der Waals surface area contributed by atoms with E-state index in [4.69, 9.17) is 5.11 Å². The normalized spacial score (nSPS) is 20.4. The predicted octanol–water partition coefficient (Wildman–Crippen LogP) is 1.37. The summed E-state index contributed by atoms with van der Waals surface area (Å²) < 4.78 is 0. The number of aliphatic hydroxyl groups is 1. The molecule has 0 radical (unpaired) electrons. The first-order valence-corrected chi connectivity index (χ1v) is 4.23. The quantitative estimate of drug-likeness (QED) is 0.667. The molecule has 0 unspecified atom stereocenters. The average Bonchev–Trinajstić information content (AvgIpc) is 2.69. The van der Waals surface area contributed by atoms with Gasteiger partial charge in [-0.3, -0.25) is 4.79 Å². The second kappa shape index (κ2) is 2.94. The monoisotopic (exact) mass is 156 g/mol. The Bertz CT molecular complexity index is 157. The maximum Gasteiger partial charge on any atom is 0.136 e. The first-order chi connectivity index (χ1) is 5.09.